The van der Waals surface area contributed by atoms with Gasteiger partial charge < -0.3 is 34.7 Å². The Balaban J connectivity index is 2.06. The summed E-state index contributed by atoms with van der Waals surface area (Å²) in [5, 5.41) is 5.07. The maximum Gasteiger partial charge on any atom is 0.223 e. The van der Waals surface area contributed by atoms with Crippen molar-refractivity contribution in [3.05, 3.63) is 41.7 Å². The van der Waals surface area contributed by atoms with E-state index in [1.165, 1.54) is 0 Å². The summed E-state index contributed by atoms with van der Waals surface area (Å²) in [5.41, 5.74) is 7.40. The van der Waals surface area contributed by atoms with Gasteiger partial charge in [0.2, 0.25) is 5.88 Å². The second-order valence-electron chi connectivity index (χ2n) is 8.20. The Labute approximate surface area is 195 Å². The lowest BCUT2D eigenvalue weighted by molar-refractivity contribution is 0.127. The Morgan fingerprint density at radius 2 is 2.09 bits per heavy atom. The Morgan fingerprint density at radius 3 is 2.73 bits per heavy atom. The van der Waals surface area contributed by atoms with Gasteiger partial charge in [-0.2, -0.15) is 4.98 Å². The van der Waals surface area contributed by atoms with Crippen molar-refractivity contribution in [2.75, 3.05) is 38.9 Å². The van der Waals surface area contributed by atoms with Crippen LogP contribution in [0.15, 0.2) is 41.7 Å². The number of hydrogen-bond donors (Lipinski definition) is 2. The van der Waals surface area contributed by atoms with E-state index >= 15 is 0 Å². The summed E-state index contributed by atoms with van der Waals surface area (Å²) in [6.07, 6.45) is 4.58. The fraction of sp³-hybridized carbons (Fsp3) is 0.480. The molecule has 0 bridgehead atoms. The van der Waals surface area contributed by atoms with Crippen molar-refractivity contribution < 1.29 is 23.7 Å². The van der Waals surface area contributed by atoms with E-state index in [4.69, 9.17) is 34.4 Å². The standard InChI is InChI=1S/C25H35N3O5/c1-6-19(11-17(4)26)27-24-13-18-12-23(33-20-7-8-30-15-20)22(31-10-9-29-5)14-21(18)25(28-24)32-16(2)3/h6,11-14,16,20H,7-10,15,26H2,1-5H3,(H,27,28)/b17-11-,19-6+. The summed E-state index contributed by atoms with van der Waals surface area (Å²) in [5.74, 6) is 2.44. The van der Waals surface area contributed by atoms with Gasteiger partial charge in [-0.05, 0) is 57.4 Å². The number of allylic oxidation sites excluding steroid dienone is 3. The molecule has 1 aromatic heterocycles. The molecule has 3 N–H and O–H groups in total. The first-order valence-electron chi connectivity index (χ1n) is 11.3. The Hall–Kier alpha value is -2.97. The monoisotopic (exact) mass is 457 g/mol. The molecule has 0 radical (unpaired) electrons. The van der Waals surface area contributed by atoms with Gasteiger partial charge in [0.25, 0.3) is 0 Å². The zero-order valence-electron chi connectivity index (χ0n) is 20.1. The molecule has 0 spiro atoms. The maximum absolute atomic E-state index is 6.25. The Bertz CT molecular complexity index is 993. The van der Waals surface area contributed by atoms with Gasteiger partial charge in [-0.1, -0.05) is 6.08 Å². The molecule has 1 unspecified atom stereocenters. The SMILES string of the molecule is C/C=C(\C=C(\C)N)Nc1cc2cc(OC3CCOC3)c(OCCOC)cc2c(OC(C)C)n1. The van der Waals surface area contributed by atoms with Crippen molar-refractivity contribution in [1.82, 2.24) is 4.98 Å². The van der Waals surface area contributed by atoms with E-state index in [9.17, 15) is 0 Å². The van der Waals surface area contributed by atoms with E-state index in [-0.39, 0.29) is 12.2 Å². The summed E-state index contributed by atoms with van der Waals surface area (Å²) in [6.45, 7) is 9.86. The quantitative estimate of drug-likeness (QED) is 0.379. The third kappa shape index (κ3) is 7.00. The smallest absolute Gasteiger partial charge is 0.223 e. The predicted octanol–water partition coefficient (Wildman–Crippen LogP) is 4.39. The van der Waals surface area contributed by atoms with Crippen molar-refractivity contribution >= 4 is 16.6 Å². The molecule has 1 aliphatic rings. The number of ether oxygens (including phenoxy) is 5. The fourth-order valence-electron chi connectivity index (χ4n) is 3.42. The lowest BCUT2D eigenvalue weighted by Gasteiger charge is -2.19. The predicted molar refractivity (Wildman–Crippen MR) is 130 cm³/mol. The molecule has 1 atom stereocenters. The molecule has 0 aliphatic carbocycles. The first-order chi connectivity index (χ1) is 15.9. The van der Waals surface area contributed by atoms with Gasteiger partial charge in [0.1, 0.15) is 18.5 Å². The number of nitrogens with one attached hydrogen (secondary N) is 1. The molecule has 2 aromatic rings. The molecule has 3 rings (SSSR count). The van der Waals surface area contributed by atoms with Crippen LogP contribution in [-0.4, -0.2) is 50.7 Å². The second kappa shape index (κ2) is 11.8. The highest BCUT2D eigenvalue weighted by molar-refractivity contribution is 5.92. The second-order valence-corrected chi connectivity index (χ2v) is 8.20. The number of pyridine rings is 1. The zero-order chi connectivity index (χ0) is 23.8. The molecular formula is C25H35N3O5. The number of nitrogens with zero attached hydrogens (tertiary/aromatic N) is 1. The lowest BCUT2D eigenvalue weighted by Crippen LogP contribution is -2.17. The average molecular weight is 458 g/mol. The zero-order valence-corrected chi connectivity index (χ0v) is 20.1. The molecular weight excluding hydrogens is 422 g/mol. The number of hydrogen-bond acceptors (Lipinski definition) is 8. The lowest BCUT2D eigenvalue weighted by atomic mass is 10.1. The summed E-state index contributed by atoms with van der Waals surface area (Å²) in [6, 6.07) is 5.85. The van der Waals surface area contributed by atoms with Crippen molar-refractivity contribution in [2.24, 2.45) is 5.73 Å². The summed E-state index contributed by atoms with van der Waals surface area (Å²) in [7, 11) is 1.64. The molecule has 33 heavy (non-hydrogen) atoms. The van der Waals surface area contributed by atoms with Crippen LogP contribution in [0.25, 0.3) is 10.8 Å². The highest BCUT2D eigenvalue weighted by Gasteiger charge is 2.21. The molecule has 8 heteroatoms. The maximum atomic E-state index is 6.25. The van der Waals surface area contributed by atoms with E-state index in [1.54, 1.807) is 7.11 Å². The van der Waals surface area contributed by atoms with E-state index in [1.807, 2.05) is 58.0 Å². The Morgan fingerprint density at radius 1 is 1.27 bits per heavy atom. The molecule has 8 nitrogen and oxygen atoms in total. The van der Waals surface area contributed by atoms with Crippen LogP contribution in [0.5, 0.6) is 17.4 Å². The van der Waals surface area contributed by atoms with Crippen LogP contribution < -0.4 is 25.3 Å². The van der Waals surface area contributed by atoms with Crippen molar-refractivity contribution in [3.63, 3.8) is 0 Å². The summed E-state index contributed by atoms with van der Waals surface area (Å²) in [4.78, 5) is 4.72. The fourth-order valence-corrected chi connectivity index (χ4v) is 3.42. The number of anilines is 1. The highest BCUT2D eigenvalue weighted by atomic mass is 16.6. The first-order valence-corrected chi connectivity index (χ1v) is 11.3. The normalized spacial score (nSPS) is 17.0. The van der Waals surface area contributed by atoms with Gasteiger partial charge in [-0.15, -0.1) is 0 Å². The van der Waals surface area contributed by atoms with Gasteiger partial charge in [-0.25, -0.2) is 0 Å². The van der Waals surface area contributed by atoms with E-state index in [0.29, 0.717) is 55.3 Å². The summed E-state index contributed by atoms with van der Waals surface area (Å²) < 4.78 is 28.9. The van der Waals surface area contributed by atoms with Crippen LogP contribution in [0.3, 0.4) is 0 Å². The van der Waals surface area contributed by atoms with Gasteiger partial charge in [0, 0.05) is 30.3 Å². The van der Waals surface area contributed by atoms with E-state index < -0.39 is 0 Å². The number of aromatic nitrogens is 1. The number of fused-ring (bicyclic) bond motifs is 1. The van der Waals surface area contributed by atoms with Gasteiger partial charge >= 0.3 is 0 Å². The van der Waals surface area contributed by atoms with Gasteiger partial charge in [0.15, 0.2) is 11.5 Å². The topological polar surface area (TPSA) is 97.1 Å². The minimum absolute atomic E-state index is 0.00895. The van der Waals surface area contributed by atoms with Crippen LogP contribution in [0, 0.1) is 0 Å². The van der Waals surface area contributed by atoms with E-state index in [0.717, 1.165) is 22.9 Å². The number of nitrogens with two attached hydrogens (primary N) is 1. The van der Waals surface area contributed by atoms with Crippen molar-refractivity contribution in [1.29, 1.82) is 0 Å². The van der Waals surface area contributed by atoms with Crippen molar-refractivity contribution in [2.45, 2.75) is 46.3 Å². The molecule has 0 amide bonds. The molecule has 1 fully saturated rings. The number of benzene rings is 1. The van der Waals surface area contributed by atoms with Crippen molar-refractivity contribution in [3.8, 4) is 17.4 Å². The number of methoxy groups -OCH3 is 1. The van der Waals surface area contributed by atoms with Crippen LogP contribution in [-0.2, 0) is 9.47 Å². The molecule has 1 aromatic carbocycles. The molecule has 0 saturated carbocycles. The first kappa shape index (κ1) is 24.7. The third-order valence-electron chi connectivity index (χ3n) is 4.90. The summed E-state index contributed by atoms with van der Waals surface area (Å²) >= 11 is 0. The minimum Gasteiger partial charge on any atom is -0.487 e. The molecule has 1 saturated heterocycles. The molecule has 180 valence electrons. The average Bonchev–Trinajstić information content (AvgIpc) is 3.26. The third-order valence-corrected chi connectivity index (χ3v) is 4.90. The molecule has 2 heterocycles. The largest absolute Gasteiger partial charge is 0.487 e. The number of rotatable bonds is 11. The van der Waals surface area contributed by atoms with E-state index in [2.05, 4.69) is 5.32 Å². The minimum atomic E-state index is -0.0484. The molecule has 1 aliphatic heterocycles. The van der Waals surface area contributed by atoms with Crippen LogP contribution >= 0.6 is 0 Å². The van der Waals surface area contributed by atoms with Crippen LogP contribution in [0.4, 0.5) is 5.82 Å². The Kier molecular flexibility index (Phi) is 8.79. The van der Waals surface area contributed by atoms with Gasteiger partial charge in [-0.3, -0.25) is 0 Å². The van der Waals surface area contributed by atoms with Crippen LogP contribution in [0.1, 0.15) is 34.1 Å². The highest BCUT2D eigenvalue weighted by Crippen LogP contribution is 2.38. The van der Waals surface area contributed by atoms with Crippen LogP contribution in [0.2, 0.25) is 0 Å². The van der Waals surface area contributed by atoms with Gasteiger partial charge in [0.05, 0.1) is 25.9 Å².